The first-order chi connectivity index (χ1) is 12.7. The van der Waals surface area contributed by atoms with Crippen LogP contribution in [0, 0.1) is 5.92 Å². The molecule has 2 aromatic rings. The number of sulfone groups is 1. The molecule has 0 amide bonds. The van der Waals surface area contributed by atoms with Crippen LogP contribution in [0.5, 0.6) is 0 Å². The summed E-state index contributed by atoms with van der Waals surface area (Å²) in [6.45, 7) is 1.50. The molecule has 0 atom stereocenters. The zero-order valence-electron chi connectivity index (χ0n) is 14.6. The van der Waals surface area contributed by atoms with E-state index in [0.717, 1.165) is 29.9 Å². The second-order valence-electron chi connectivity index (χ2n) is 6.18. The van der Waals surface area contributed by atoms with E-state index in [1.54, 1.807) is 18.3 Å². The highest BCUT2D eigenvalue weighted by Gasteiger charge is 2.26. The Morgan fingerprint density at radius 3 is 2.15 bits per heavy atom. The van der Waals surface area contributed by atoms with Gasteiger partial charge in [-0.1, -0.05) is 6.42 Å². The molecule has 0 aliphatic heterocycles. The summed E-state index contributed by atoms with van der Waals surface area (Å²) >= 11 is 3.22. The molecule has 0 unspecified atom stereocenters. The Hall–Kier alpha value is -2.13. The molecule has 2 heterocycles. The van der Waals surface area contributed by atoms with Gasteiger partial charge in [0.25, 0.3) is 0 Å². The number of halogens is 1. The number of pyridine rings is 2. The lowest BCUT2D eigenvalue weighted by Crippen LogP contribution is -2.22. The van der Waals surface area contributed by atoms with Crippen LogP contribution >= 0.6 is 15.9 Å². The number of Topliss-reactive ketones (excluding diaryl/α,β-unsaturated/α-hetero) is 1. The van der Waals surface area contributed by atoms with E-state index in [1.165, 1.54) is 19.1 Å². The van der Waals surface area contributed by atoms with Gasteiger partial charge in [-0.3, -0.25) is 9.78 Å². The van der Waals surface area contributed by atoms with E-state index < -0.39 is 15.8 Å². The Morgan fingerprint density at radius 1 is 1.11 bits per heavy atom. The maximum Gasteiger partial charge on any atom is 0.354 e. The minimum absolute atomic E-state index is 0.00694. The predicted octanol–water partition coefficient (Wildman–Crippen LogP) is 3.40. The van der Waals surface area contributed by atoms with Gasteiger partial charge in [-0.2, -0.15) is 0 Å². The van der Waals surface area contributed by atoms with Crippen molar-refractivity contribution in [2.75, 3.05) is 5.75 Å². The number of ketones is 1. The number of carbonyl (C=O) groups is 2. The zero-order valence-corrected chi connectivity index (χ0v) is 17.0. The van der Waals surface area contributed by atoms with Crippen LogP contribution in [0.1, 0.15) is 47.2 Å². The van der Waals surface area contributed by atoms with E-state index in [0.29, 0.717) is 5.69 Å². The predicted molar refractivity (Wildman–Crippen MR) is 103 cm³/mol. The summed E-state index contributed by atoms with van der Waals surface area (Å²) in [5, 5.41) is 8.66. The van der Waals surface area contributed by atoms with Crippen LogP contribution in [0.15, 0.2) is 46.0 Å². The Bertz CT molecular complexity index is 908. The van der Waals surface area contributed by atoms with Gasteiger partial charge in [0, 0.05) is 23.8 Å². The molecule has 1 aliphatic carbocycles. The number of carboxylic acid groups (broad SMARTS) is 1. The van der Waals surface area contributed by atoms with E-state index in [2.05, 4.69) is 25.9 Å². The van der Waals surface area contributed by atoms with E-state index in [-0.39, 0.29) is 28.0 Å². The fraction of sp³-hybridized carbons (Fsp3) is 0.333. The van der Waals surface area contributed by atoms with Crippen molar-refractivity contribution in [2.45, 2.75) is 31.1 Å². The van der Waals surface area contributed by atoms with Crippen molar-refractivity contribution in [1.82, 2.24) is 9.97 Å². The number of aromatic carboxylic acids is 1. The quantitative estimate of drug-likeness (QED) is 0.688. The van der Waals surface area contributed by atoms with Gasteiger partial charge >= 0.3 is 5.97 Å². The summed E-state index contributed by atoms with van der Waals surface area (Å²) in [6, 6.07) is 6.01. The minimum atomic E-state index is -3.32. The van der Waals surface area contributed by atoms with E-state index in [4.69, 9.17) is 5.11 Å². The molecule has 1 N–H and O–H groups in total. The molecule has 0 spiro atoms. The average molecular weight is 455 g/mol. The molecular weight excluding hydrogens is 436 g/mol. The smallest absolute Gasteiger partial charge is 0.354 e. The second kappa shape index (κ2) is 9.18. The van der Waals surface area contributed by atoms with Crippen molar-refractivity contribution >= 4 is 37.5 Å². The summed E-state index contributed by atoms with van der Waals surface area (Å²) < 4.78 is 24.7. The third-order valence-electron chi connectivity index (χ3n) is 4.08. The van der Waals surface area contributed by atoms with Gasteiger partial charge in [-0.15, -0.1) is 0 Å². The summed E-state index contributed by atoms with van der Waals surface area (Å²) in [5.74, 6) is -0.777. The van der Waals surface area contributed by atoms with E-state index >= 15 is 0 Å². The summed E-state index contributed by atoms with van der Waals surface area (Å²) in [7, 11) is -3.32. The third-order valence-corrected chi connectivity index (χ3v) is 6.42. The Balaban J connectivity index is 0.000000223. The lowest BCUT2D eigenvalue weighted by atomic mass is 9.87. The van der Waals surface area contributed by atoms with Crippen molar-refractivity contribution < 1.29 is 23.1 Å². The number of rotatable bonds is 5. The molecule has 0 radical (unpaired) electrons. The average Bonchev–Trinajstić information content (AvgIpc) is 2.59. The van der Waals surface area contributed by atoms with Gasteiger partial charge in [-0.05, 0) is 59.0 Å². The van der Waals surface area contributed by atoms with Gasteiger partial charge in [0.05, 0.1) is 10.6 Å². The minimum Gasteiger partial charge on any atom is -0.477 e. The summed E-state index contributed by atoms with van der Waals surface area (Å²) in [6.07, 6.45) is 5.74. The Morgan fingerprint density at radius 2 is 1.74 bits per heavy atom. The molecule has 144 valence electrons. The van der Waals surface area contributed by atoms with Gasteiger partial charge in [0.15, 0.2) is 15.6 Å². The fourth-order valence-electron chi connectivity index (χ4n) is 2.34. The van der Waals surface area contributed by atoms with E-state index in [9.17, 15) is 18.0 Å². The maximum atomic E-state index is 11.9. The number of hydrogen-bond acceptors (Lipinski definition) is 6. The molecule has 1 fully saturated rings. The highest BCUT2D eigenvalue weighted by molar-refractivity contribution is 9.10. The van der Waals surface area contributed by atoms with Crippen LogP contribution in [0.3, 0.4) is 0 Å². The summed E-state index contributed by atoms with van der Waals surface area (Å²) in [5.41, 5.74) is 0.357. The third kappa shape index (κ3) is 6.21. The van der Waals surface area contributed by atoms with Gasteiger partial charge < -0.3 is 5.11 Å². The van der Waals surface area contributed by atoms with Gasteiger partial charge in [0.1, 0.15) is 11.4 Å². The van der Waals surface area contributed by atoms with Gasteiger partial charge in [-0.25, -0.2) is 18.2 Å². The van der Waals surface area contributed by atoms with Crippen LogP contribution < -0.4 is 0 Å². The lowest BCUT2D eigenvalue weighted by molar-refractivity contribution is 0.0690. The first kappa shape index (κ1) is 21.2. The highest BCUT2D eigenvalue weighted by Crippen LogP contribution is 2.29. The van der Waals surface area contributed by atoms with E-state index in [1.807, 2.05) is 0 Å². The largest absolute Gasteiger partial charge is 0.477 e. The molecule has 7 nitrogen and oxygen atoms in total. The normalized spacial score (nSPS) is 13.9. The van der Waals surface area contributed by atoms with Crippen LogP contribution in [-0.2, 0) is 9.84 Å². The van der Waals surface area contributed by atoms with Crippen molar-refractivity contribution in [3.63, 3.8) is 0 Å². The number of nitrogens with zero attached hydrogens (tertiary/aromatic N) is 2. The topological polar surface area (TPSA) is 114 Å². The monoisotopic (exact) mass is 454 g/mol. The molecule has 0 saturated heterocycles. The first-order valence-corrected chi connectivity index (χ1v) is 10.7. The zero-order chi connectivity index (χ0) is 20.0. The molecule has 0 aromatic carbocycles. The fourth-order valence-corrected chi connectivity index (χ4v) is 4.21. The molecule has 1 saturated carbocycles. The van der Waals surface area contributed by atoms with Crippen molar-refractivity contribution in [3.05, 3.63) is 52.5 Å². The molecule has 1 aliphatic rings. The molecule has 9 heteroatoms. The number of aromatic nitrogens is 2. The molecule has 3 rings (SSSR count). The highest BCUT2D eigenvalue weighted by atomic mass is 79.9. The Kier molecular flexibility index (Phi) is 7.20. The molecule has 27 heavy (non-hydrogen) atoms. The molecule has 0 bridgehead atoms. The standard InChI is InChI=1S/C11H13NO4S.C7H6BrNO/c13-11(14)10-5-4-9(6-12-10)17(15,16)7-8-2-1-3-8;1-5(10)7-3-2-6(8)4-9-7/h4-6,8H,1-3,7H2,(H,13,14);2-4H,1H3. The number of carbonyl (C=O) groups excluding carboxylic acids is 1. The SMILES string of the molecule is CC(=O)c1ccc(Br)cn1.O=C(O)c1ccc(S(=O)(=O)CC2CCC2)cn1. The number of carboxylic acids is 1. The van der Waals surface area contributed by atoms with Crippen LogP contribution in [0.2, 0.25) is 0 Å². The lowest BCUT2D eigenvalue weighted by Gasteiger charge is -2.24. The summed E-state index contributed by atoms with van der Waals surface area (Å²) in [4.78, 5) is 28.9. The van der Waals surface area contributed by atoms with Crippen molar-refractivity contribution in [2.24, 2.45) is 5.92 Å². The molecule has 2 aromatic heterocycles. The van der Waals surface area contributed by atoms with Crippen LogP contribution in [-0.4, -0.2) is 41.0 Å². The van der Waals surface area contributed by atoms with Crippen molar-refractivity contribution in [1.29, 1.82) is 0 Å². The first-order valence-electron chi connectivity index (χ1n) is 8.23. The van der Waals surface area contributed by atoms with Crippen LogP contribution in [0.4, 0.5) is 0 Å². The maximum absolute atomic E-state index is 11.9. The Labute approximate surface area is 165 Å². The van der Waals surface area contributed by atoms with Gasteiger partial charge in [0.2, 0.25) is 0 Å². The van der Waals surface area contributed by atoms with Crippen LogP contribution in [0.25, 0.3) is 0 Å². The second-order valence-corrected chi connectivity index (χ2v) is 9.13. The number of hydrogen-bond donors (Lipinski definition) is 1. The van der Waals surface area contributed by atoms with Crippen molar-refractivity contribution in [3.8, 4) is 0 Å². The molecular formula is C18H19BrN2O5S.